The van der Waals surface area contributed by atoms with Gasteiger partial charge in [-0.2, -0.15) is 0 Å². The first kappa shape index (κ1) is 17.9. The second kappa shape index (κ2) is 7.28. The number of nitrogens with zero attached hydrogens (tertiary/aromatic N) is 4. The fourth-order valence-electron chi connectivity index (χ4n) is 4.02. The molecule has 3 aromatic rings. The third-order valence-electron chi connectivity index (χ3n) is 5.65. The first-order valence-corrected chi connectivity index (χ1v) is 9.58. The highest BCUT2D eigenvalue weighted by atomic mass is 16.5. The highest BCUT2D eigenvalue weighted by Gasteiger charge is 2.24. The van der Waals surface area contributed by atoms with Crippen molar-refractivity contribution >= 4 is 16.6 Å². The third-order valence-corrected chi connectivity index (χ3v) is 5.65. The molecule has 0 aliphatic carbocycles. The number of hydrogen-bond donors (Lipinski definition) is 2. The molecule has 0 saturated carbocycles. The van der Waals surface area contributed by atoms with Gasteiger partial charge in [0, 0.05) is 11.5 Å². The highest BCUT2D eigenvalue weighted by molar-refractivity contribution is 5.93. The number of fused-ring (bicyclic) bond motifs is 3. The summed E-state index contributed by atoms with van der Waals surface area (Å²) >= 11 is 0. The molecule has 1 aliphatic heterocycles. The quantitative estimate of drug-likeness (QED) is 0.596. The van der Waals surface area contributed by atoms with Gasteiger partial charge in [-0.1, -0.05) is 0 Å². The lowest BCUT2D eigenvalue weighted by Crippen LogP contribution is -3.27. The lowest BCUT2D eigenvalue weighted by molar-refractivity contribution is -1.02. The molecule has 4 rings (SSSR count). The lowest BCUT2D eigenvalue weighted by atomic mass is 10.2. The number of hydrogen-bond acceptors (Lipinski definition) is 5. The molecule has 144 valence electrons. The maximum absolute atomic E-state index is 5.46. The number of likely N-dealkylation sites (N-methyl/N-ethyl adjacent to an activating group) is 1. The van der Waals surface area contributed by atoms with Gasteiger partial charge in [0.15, 0.2) is 23.0 Å². The molecule has 0 bridgehead atoms. The van der Waals surface area contributed by atoms with Crippen molar-refractivity contribution in [1.29, 1.82) is 0 Å². The zero-order valence-electron chi connectivity index (χ0n) is 16.5. The van der Waals surface area contributed by atoms with Crippen LogP contribution in [-0.4, -0.2) is 66.5 Å². The summed E-state index contributed by atoms with van der Waals surface area (Å²) in [5, 5.41) is 9.93. The average Bonchev–Trinajstić information content (AvgIpc) is 3.12. The van der Waals surface area contributed by atoms with Gasteiger partial charge >= 0.3 is 0 Å². The fraction of sp³-hybridized carbons (Fsp3) is 0.526. The molecule has 1 saturated heterocycles. The molecule has 0 amide bonds. The minimum absolute atomic E-state index is 0.668. The summed E-state index contributed by atoms with van der Waals surface area (Å²) in [6.45, 7) is 11.1. The number of aromatic nitrogens is 4. The molecule has 1 aliphatic rings. The van der Waals surface area contributed by atoms with Gasteiger partial charge in [0.1, 0.15) is 38.5 Å². The smallest absolute Gasteiger partial charge is 0.194 e. The Hall–Kier alpha value is -2.45. The minimum atomic E-state index is 0.668. The van der Waals surface area contributed by atoms with Gasteiger partial charge < -0.3 is 19.3 Å². The number of quaternary nitrogens is 2. The van der Waals surface area contributed by atoms with Crippen molar-refractivity contribution in [2.75, 3.05) is 46.9 Å². The van der Waals surface area contributed by atoms with E-state index in [0.717, 1.165) is 34.7 Å². The summed E-state index contributed by atoms with van der Waals surface area (Å²) in [5.74, 6) is 3.21. The van der Waals surface area contributed by atoms with Crippen LogP contribution in [0, 0.1) is 6.92 Å². The van der Waals surface area contributed by atoms with Crippen LogP contribution in [0.15, 0.2) is 12.1 Å². The molecule has 0 radical (unpaired) electrons. The molecule has 8 heteroatoms. The molecule has 27 heavy (non-hydrogen) atoms. The number of rotatable bonds is 5. The normalized spacial score (nSPS) is 20.3. The van der Waals surface area contributed by atoms with E-state index in [4.69, 9.17) is 14.5 Å². The Morgan fingerprint density at radius 3 is 2.33 bits per heavy atom. The first-order chi connectivity index (χ1) is 13.1. The van der Waals surface area contributed by atoms with Crippen LogP contribution in [0.25, 0.3) is 16.6 Å². The SMILES string of the molecule is CC[NH+]1CC[NH+](Cc2nnc3c4cc(OC)c(OC)cc4nc(C)n23)CC1. The van der Waals surface area contributed by atoms with Gasteiger partial charge in [-0.3, -0.25) is 4.40 Å². The molecular weight excluding hydrogens is 344 g/mol. The van der Waals surface area contributed by atoms with Gasteiger partial charge in [-0.05, 0) is 19.9 Å². The standard InChI is InChI=1S/C19H26N6O2/c1-5-23-6-8-24(9-7-23)12-18-21-22-19-14-10-16(26-3)17(27-4)11-15(14)20-13(2)25(18)19/h10-11H,5-9,12H2,1-4H3/p+2. The topological polar surface area (TPSA) is 70.4 Å². The maximum atomic E-state index is 5.46. The van der Waals surface area contributed by atoms with E-state index in [2.05, 4.69) is 21.5 Å². The van der Waals surface area contributed by atoms with Crippen molar-refractivity contribution < 1.29 is 19.3 Å². The van der Waals surface area contributed by atoms with E-state index in [1.54, 1.807) is 24.0 Å². The largest absolute Gasteiger partial charge is 0.493 e. The van der Waals surface area contributed by atoms with Gasteiger partial charge in [-0.15, -0.1) is 10.2 Å². The van der Waals surface area contributed by atoms with Crippen LogP contribution in [-0.2, 0) is 6.54 Å². The van der Waals surface area contributed by atoms with Crippen molar-refractivity contribution in [1.82, 2.24) is 19.6 Å². The molecule has 8 nitrogen and oxygen atoms in total. The molecule has 0 spiro atoms. The van der Waals surface area contributed by atoms with E-state index < -0.39 is 0 Å². The zero-order chi connectivity index (χ0) is 19.0. The minimum Gasteiger partial charge on any atom is -0.493 e. The van der Waals surface area contributed by atoms with Crippen LogP contribution < -0.4 is 19.3 Å². The van der Waals surface area contributed by atoms with Crippen molar-refractivity contribution in [2.24, 2.45) is 0 Å². The van der Waals surface area contributed by atoms with Crippen LogP contribution in [0.1, 0.15) is 18.6 Å². The van der Waals surface area contributed by atoms with E-state index in [1.807, 2.05) is 19.1 Å². The van der Waals surface area contributed by atoms with E-state index in [0.29, 0.717) is 11.5 Å². The lowest BCUT2D eigenvalue weighted by Gasteiger charge is -2.28. The average molecular weight is 372 g/mol. The van der Waals surface area contributed by atoms with Crippen LogP contribution in [0.4, 0.5) is 0 Å². The molecule has 2 aromatic heterocycles. The van der Waals surface area contributed by atoms with Crippen LogP contribution in [0.2, 0.25) is 0 Å². The second-order valence-electron chi connectivity index (χ2n) is 7.19. The van der Waals surface area contributed by atoms with Crippen LogP contribution in [0.3, 0.4) is 0 Å². The number of aryl methyl sites for hydroxylation is 1. The van der Waals surface area contributed by atoms with Crippen molar-refractivity contribution in [2.45, 2.75) is 20.4 Å². The first-order valence-electron chi connectivity index (χ1n) is 9.58. The summed E-state index contributed by atoms with van der Waals surface area (Å²) in [6.07, 6.45) is 0. The van der Waals surface area contributed by atoms with Crippen molar-refractivity contribution in [3.05, 3.63) is 23.8 Å². The van der Waals surface area contributed by atoms with Crippen molar-refractivity contribution in [3.8, 4) is 11.5 Å². The fourth-order valence-corrected chi connectivity index (χ4v) is 4.02. The van der Waals surface area contributed by atoms with E-state index in [-0.39, 0.29) is 0 Å². The van der Waals surface area contributed by atoms with E-state index in [9.17, 15) is 0 Å². The monoisotopic (exact) mass is 372 g/mol. The summed E-state index contributed by atoms with van der Waals surface area (Å²) in [7, 11) is 3.27. The number of ether oxygens (including phenoxy) is 2. The summed E-state index contributed by atoms with van der Waals surface area (Å²) < 4.78 is 12.9. The predicted octanol–water partition coefficient (Wildman–Crippen LogP) is -1.09. The Bertz CT molecular complexity index is 962. The summed E-state index contributed by atoms with van der Waals surface area (Å²) in [4.78, 5) is 8.03. The Morgan fingerprint density at radius 2 is 1.67 bits per heavy atom. The zero-order valence-corrected chi connectivity index (χ0v) is 16.5. The molecule has 2 N–H and O–H groups in total. The van der Waals surface area contributed by atoms with Gasteiger partial charge in [0.2, 0.25) is 0 Å². The highest BCUT2D eigenvalue weighted by Crippen LogP contribution is 2.33. The Labute approximate surface area is 158 Å². The summed E-state index contributed by atoms with van der Waals surface area (Å²) in [6, 6.07) is 3.83. The van der Waals surface area contributed by atoms with E-state index >= 15 is 0 Å². The molecule has 1 fully saturated rings. The molecule has 1 aromatic carbocycles. The van der Waals surface area contributed by atoms with Gasteiger partial charge in [0.05, 0.1) is 26.3 Å². The molecule has 0 atom stereocenters. The maximum Gasteiger partial charge on any atom is 0.194 e. The third kappa shape index (κ3) is 3.19. The van der Waals surface area contributed by atoms with E-state index in [1.165, 1.54) is 32.7 Å². The van der Waals surface area contributed by atoms with Gasteiger partial charge in [0.25, 0.3) is 0 Å². The number of methoxy groups -OCH3 is 2. The second-order valence-corrected chi connectivity index (χ2v) is 7.19. The number of piperazine rings is 1. The Balaban J connectivity index is 1.73. The number of benzene rings is 1. The molecule has 0 unspecified atom stereocenters. The summed E-state index contributed by atoms with van der Waals surface area (Å²) in [5.41, 5.74) is 1.66. The van der Waals surface area contributed by atoms with Crippen LogP contribution in [0.5, 0.6) is 11.5 Å². The predicted molar refractivity (Wildman–Crippen MR) is 102 cm³/mol. The van der Waals surface area contributed by atoms with Crippen molar-refractivity contribution in [3.63, 3.8) is 0 Å². The molecule has 3 heterocycles. The van der Waals surface area contributed by atoms with Gasteiger partial charge in [-0.25, -0.2) is 4.98 Å². The Kier molecular flexibility index (Phi) is 4.84. The number of nitrogens with one attached hydrogen (secondary N) is 2. The Morgan fingerprint density at radius 1 is 1.00 bits per heavy atom. The van der Waals surface area contributed by atoms with Crippen LogP contribution >= 0.6 is 0 Å². The molecular formula is C19H28N6O2+2.